The van der Waals surface area contributed by atoms with Gasteiger partial charge < -0.3 is 0 Å². The zero-order valence-corrected chi connectivity index (χ0v) is 6.34. The Hall–Kier alpha value is 0.730. The van der Waals surface area contributed by atoms with Crippen LogP contribution in [-0.4, -0.2) is 22.6 Å². The molecule has 30 valence electrons. The first-order chi connectivity index (χ1) is 2.27. The molecule has 0 atom stereocenters. The van der Waals surface area contributed by atoms with Crippen LogP contribution in [0.15, 0.2) is 0 Å². The maximum absolute atomic E-state index is 11.0. The van der Waals surface area contributed by atoms with Crippen molar-refractivity contribution in [2.45, 2.75) is 11.1 Å². The molecule has 0 aromatic carbocycles. The van der Waals surface area contributed by atoms with Gasteiger partial charge in [-0.05, 0) is 0 Å². The van der Waals surface area contributed by atoms with Gasteiger partial charge in [-0.15, -0.1) is 0 Å². The summed E-state index contributed by atoms with van der Waals surface area (Å²) < 4.78 is 22.1. The third-order valence-electron chi connectivity index (χ3n) is 0.309. The van der Waals surface area contributed by atoms with E-state index < -0.39 is 22.6 Å². The van der Waals surface area contributed by atoms with E-state index in [-0.39, 0.29) is 4.18 Å². The van der Waals surface area contributed by atoms with Gasteiger partial charge in [-0.1, -0.05) is 0 Å². The second kappa shape index (κ2) is 2.94. The van der Waals surface area contributed by atoms with Gasteiger partial charge in [0.1, 0.15) is 0 Å². The topological polar surface area (TPSA) is 0 Å². The molecular weight excluding hydrogens is 177 g/mol. The van der Waals surface area contributed by atoms with Crippen LogP contribution >= 0.6 is 0 Å². The van der Waals surface area contributed by atoms with Crippen LogP contribution in [0.5, 0.6) is 0 Å². The van der Waals surface area contributed by atoms with Gasteiger partial charge in [0.25, 0.3) is 0 Å². The summed E-state index contributed by atoms with van der Waals surface area (Å²) in [4.78, 5) is 0. The summed E-state index contributed by atoms with van der Waals surface area (Å²) in [5.74, 6) is 0. The van der Waals surface area contributed by atoms with Gasteiger partial charge >= 0.3 is 39.1 Å². The van der Waals surface area contributed by atoms with Crippen molar-refractivity contribution in [2.24, 2.45) is 0 Å². The maximum atomic E-state index is 11.0. The fourth-order valence-electron chi connectivity index (χ4n) is 0. The van der Waals surface area contributed by atoms with E-state index in [1.54, 1.807) is 6.92 Å². The molecule has 0 aliphatic carbocycles. The fraction of sp³-hybridized carbons (Fsp3) is 1.00. The van der Waals surface area contributed by atoms with E-state index in [9.17, 15) is 5.33 Å². The van der Waals surface area contributed by atoms with Crippen LogP contribution in [0.1, 0.15) is 6.92 Å². The number of rotatable bonds is 1. The molecule has 5 heavy (non-hydrogen) atoms. The number of hydrogen-bond donors (Lipinski definition) is 0. The summed E-state index contributed by atoms with van der Waals surface area (Å²) in [5, 5.41) is 0. The minimum atomic E-state index is -3.68. The zero-order valence-electron chi connectivity index (χ0n) is 3.04. The molecule has 0 saturated carbocycles. The summed E-state index contributed by atoms with van der Waals surface area (Å²) in [7, 11) is 0. The van der Waals surface area contributed by atoms with Crippen molar-refractivity contribution in [3.8, 4) is 0 Å². The van der Waals surface area contributed by atoms with Gasteiger partial charge in [0.15, 0.2) is 0 Å². The van der Waals surface area contributed by atoms with E-state index in [4.69, 9.17) is 0 Å². The summed E-state index contributed by atoms with van der Waals surface area (Å²) in [5.41, 5.74) is 0. The van der Waals surface area contributed by atoms with Crippen molar-refractivity contribution in [1.29, 1.82) is 0 Å². The Morgan fingerprint density at radius 3 is 1.80 bits per heavy atom. The predicted octanol–water partition coefficient (Wildman–Crippen LogP) is 1.43. The zero-order chi connectivity index (χ0) is 4.28. The molecule has 0 bridgehead atoms. The third kappa shape index (κ3) is 4.73. The molecular formula is C2H5F2In. The third-order valence-corrected chi connectivity index (χ3v) is 2.07. The Kier molecular flexibility index (Phi) is 3.37. The molecule has 0 radical (unpaired) electrons. The van der Waals surface area contributed by atoms with Crippen molar-refractivity contribution in [3.05, 3.63) is 0 Å². The molecule has 3 heteroatoms. The molecule has 0 nitrogen and oxygen atoms in total. The van der Waals surface area contributed by atoms with Crippen molar-refractivity contribution in [1.82, 2.24) is 0 Å². The van der Waals surface area contributed by atoms with Crippen molar-refractivity contribution >= 4 is 22.6 Å². The van der Waals surface area contributed by atoms with Crippen molar-refractivity contribution < 1.29 is 5.33 Å². The first-order valence-corrected chi connectivity index (χ1v) is 6.37. The molecule has 0 N–H and O–H groups in total. The van der Waals surface area contributed by atoms with Crippen LogP contribution in [0.3, 0.4) is 0 Å². The molecule has 0 aliphatic heterocycles. The van der Waals surface area contributed by atoms with Crippen LogP contribution in [-0.2, 0) is 0 Å². The molecule has 0 saturated heterocycles. The monoisotopic (exact) mass is 182 g/mol. The average molecular weight is 182 g/mol. The van der Waals surface area contributed by atoms with E-state index >= 15 is 0 Å². The summed E-state index contributed by atoms with van der Waals surface area (Å²) in [6, 6.07) is 0. The Morgan fingerprint density at radius 1 is 1.60 bits per heavy atom. The molecule has 0 aliphatic rings. The van der Waals surface area contributed by atoms with E-state index in [2.05, 4.69) is 0 Å². The first-order valence-electron chi connectivity index (χ1n) is 1.55. The molecule has 0 fully saturated rings. The Bertz CT molecular complexity index is 21.6. The second-order valence-corrected chi connectivity index (χ2v) is 5.36. The summed E-state index contributed by atoms with van der Waals surface area (Å²) >= 11 is -3.68. The molecule has 0 amide bonds. The van der Waals surface area contributed by atoms with E-state index in [0.29, 0.717) is 0 Å². The van der Waals surface area contributed by atoms with Crippen LogP contribution in [0.4, 0.5) is 5.33 Å². The van der Waals surface area contributed by atoms with Crippen molar-refractivity contribution in [2.75, 3.05) is 0 Å². The quantitative estimate of drug-likeness (QED) is 0.575. The second-order valence-electron chi connectivity index (χ2n) is 0.799. The molecule has 0 rings (SSSR count). The van der Waals surface area contributed by atoms with Crippen LogP contribution in [0, 0.1) is 0 Å². The van der Waals surface area contributed by atoms with Gasteiger partial charge in [-0.2, -0.15) is 0 Å². The van der Waals surface area contributed by atoms with Crippen LogP contribution < -0.4 is 0 Å². The van der Waals surface area contributed by atoms with Crippen molar-refractivity contribution in [3.63, 3.8) is 0 Å². The van der Waals surface area contributed by atoms with E-state index in [1.165, 1.54) is 0 Å². The normalized spacial score (nSPS) is 7.80. The minimum absolute atomic E-state index is 0.182. The molecule has 0 spiro atoms. The first kappa shape index (κ1) is 5.73. The average Bonchev–Trinajstić information content (AvgIpc) is 1.38. The Labute approximate surface area is 39.4 Å². The summed E-state index contributed by atoms with van der Waals surface area (Å²) in [6.07, 6.45) is 0. The Balaban J connectivity index is 2.54. The molecule has 0 unspecified atom stereocenters. The van der Waals surface area contributed by atoms with Gasteiger partial charge in [0.05, 0.1) is 0 Å². The SMILES string of the molecule is C[CH2][In]([F])[F]. The van der Waals surface area contributed by atoms with Crippen LogP contribution in [0.2, 0.25) is 4.18 Å². The van der Waals surface area contributed by atoms with Gasteiger partial charge in [0, 0.05) is 0 Å². The Morgan fingerprint density at radius 2 is 1.80 bits per heavy atom. The standard InChI is InChI=1S/C2H5.2FH.In/c1-2;;;/h1H2,2H3;2*1H;/q;;;+2/p-2. The number of halogens is 2. The van der Waals surface area contributed by atoms with E-state index in [0.717, 1.165) is 0 Å². The predicted molar refractivity (Wildman–Crippen MR) is 18.5 cm³/mol. The molecule has 0 aromatic rings. The molecule has 0 aromatic heterocycles. The molecule has 0 heterocycles. The van der Waals surface area contributed by atoms with Gasteiger partial charge in [0.2, 0.25) is 0 Å². The van der Waals surface area contributed by atoms with Crippen LogP contribution in [0.25, 0.3) is 0 Å². The summed E-state index contributed by atoms with van der Waals surface area (Å²) in [6.45, 7) is 1.54. The fourth-order valence-corrected chi connectivity index (χ4v) is 0. The van der Waals surface area contributed by atoms with E-state index in [1.807, 2.05) is 0 Å². The van der Waals surface area contributed by atoms with Gasteiger partial charge in [-0.3, -0.25) is 0 Å². The van der Waals surface area contributed by atoms with Gasteiger partial charge in [-0.25, -0.2) is 0 Å². The number of hydrogen-bond acceptors (Lipinski definition) is 0.